The SMILES string of the molecule is C#CCOc1cc([N+](=O)[O-])ccc1COC(=O)Nc1ccc([N+](=O)[O-])cc1. The molecule has 2 aromatic rings. The highest BCUT2D eigenvalue weighted by atomic mass is 16.6. The van der Waals surface area contributed by atoms with Crippen LogP contribution in [-0.4, -0.2) is 22.5 Å². The van der Waals surface area contributed by atoms with E-state index in [1.54, 1.807) is 0 Å². The van der Waals surface area contributed by atoms with Gasteiger partial charge in [0.25, 0.3) is 11.4 Å². The summed E-state index contributed by atoms with van der Waals surface area (Å²) in [4.78, 5) is 32.1. The molecule has 138 valence electrons. The highest BCUT2D eigenvalue weighted by Crippen LogP contribution is 2.26. The molecule has 0 aliphatic carbocycles. The summed E-state index contributed by atoms with van der Waals surface area (Å²) < 4.78 is 10.3. The van der Waals surface area contributed by atoms with Crippen LogP contribution in [0, 0.1) is 32.6 Å². The highest BCUT2D eigenvalue weighted by Gasteiger charge is 2.14. The van der Waals surface area contributed by atoms with Crippen molar-refractivity contribution < 1.29 is 24.1 Å². The van der Waals surface area contributed by atoms with Gasteiger partial charge >= 0.3 is 6.09 Å². The number of hydrogen-bond acceptors (Lipinski definition) is 7. The number of nitro benzene ring substituents is 2. The minimum Gasteiger partial charge on any atom is -0.480 e. The molecule has 0 aliphatic heterocycles. The van der Waals surface area contributed by atoms with Crippen LogP contribution in [0.1, 0.15) is 5.56 Å². The molecule has 0 atom stereocenters. The van der Waals surface area contributed by atoms with Crippen LogP contribution >= 0.6 is 0 Å². The standard InChI is InChI=1S/C17H13N3O7/c1-2-9-26-16-10-15(20(24)25)6-3-12(16)11-27-17(21)18-13-4-7-14(8-5-13)19(22)23/h1,3-8,10H,9,11H2,(H,18,21). The molecule has 0 spiro atoms. The second-order valence-electron chi connectivity index (χ2n) is 5.05. The van der Waals surface area contributed by atoms with Crippen molar-refractivity contribution >= 4 is 23.2 Å². The lowest BCUT2D eigenvalue weighted by Gasteiger charge is -2.11. The maximum Gasteiger partial charge on any atom is 0.411 e. The summed E-state index contributed by atoms with van der Waals surface area (Å²) in [5.41, 5.74) is 0.379. The van der Waals surface area contributed by atoms with E-state index in [9.17, 15) is 25.0 Å². The van der Waals surface area contributed by atoms with E-state index >= 15 is 0 Å². The number of ether oxygens (including phenoxy) is 2. The number of terminal acetylenes is 1. The fraction of sp³-hybridized carbons (Fsp3) is 0.118. The molecule has 0 unspecified atom stereocenters. The number of nitrogens with one attached hydrogen (secondary N) is 1. The zero-order valence-corrected chi connectivity index (χ0v) is 13.8. The lowest BCUT2D eigenvalue weighted by Crippen LogP contribution is -2.14. The van der Waals surface area contributed by atoms with Crippen LogP contribution in [0.15, 0.2) is 42.5 Å². The lowest BCUT2D eigenvalue weighted by molar-refractivity contribution is -0.385. The predicted octanol–water partition coefficient (Wildman–Crippen LogP) is 3.26. The fourth-order valence-corrected chi connectivity index (χ4v) is 1.99. The van der Waals surface area contributed by atoms with Crippen LogP contribution in [-0.2, 0) is 11.3 Å². The first kappa shape index (κ1) is 19.2. The zero-order chi connectivity index (χ0) is 19.8. The number of nitro groups is 2. The molecule has 0 radical (unpaired) electrons. The van der Waals surface area contributed by atoms with Gasteiger partial charge in [-0.15, -0.1) is 6.42 Å². The van der Waals surface area contributed by atoms with Gasteiger partial charge in [-0.1, -0.05) is 5.92 Å². The summed E-state index contributed by atoms with van der Waals surface area (Å²) in [6.07, 6.45) is 4.30. The van der Waals surface area contributed by atoms with E-state index in [0.717, 1.165) is 0 Å². The number of amides is 1. The van der Waals surface area contributed by atoms with Crippen molar-refractivity contribution in [3.8, 4) is 18.1 Å². The van der Waals surface area contributed by atoms with Crippen molar-refractivity contribution in [2.75, 3.05) is 11.9 Å². The van der Waals surface area contributed by atoms with Gasteiger partial charge in [-0.2, -0.15) is 0 Å². The van der Waals surface area contributed by atoms with Crippen LogP contribution in [0.5, 0.6) is 5.75 Å². The average Bonchev–Trinajstić information content (AvgIpc) is 2.65. The van der Waals surface area contributed by atoms with Gasteiger partial charge in [-0.3, -0.25) is 25.5 Å². The van der Waals surface area contributed by atoms with Gasteiger partial charge in [-0.25, -0.2) is 4.79 Å². The molecule has 1 amide bonds. The van der Waals surface area contributed by atoms with E-state index in [1.807, 2.05) is 0 Å². The predicted molar refractivity (Wildman–Crippen MR) is 94.3 cm³/mol. The van der Waals surface area contributed by atoms with Gasteiger partial charge in [0.1, 0.15) is 19.0 Å². The van der Waals surface area contributed by atoms with Crippen molar-refractivity contribution in [3.05, 3.63) is 68.3 Å². The summed E-state index contributed by atoms with van der Waals surface area (Å²) in [6, 6.07) is 9.00. The maximum absolute atomic E-state index is 11.9. The monoisotopic (exact) mass is 371 g/mol. The normalized spacial score (nSPS) is 9.74. The van der Waals surface area contributed by atoms with Crippen LogP contribution in [0.2, 0.25) is 0 Å². The largest absolute Gasteiger partial charge is 0.480 e. The van der Waals surface area contributed by atoms with E-state index in [2.05, 4.69) is 11.2 Å². The van der Waals surface area contributed by atoms with Crippen LogP contribution in [0.25, 0.3) is 0 Å². The van der Waals surface area contributed by atoms with Crippen molar-refractivity contribution in [1.29, 1.82) is 0 Å². The molecule has 0 aromatic heterocycles. The molecule has 10 nitrogen and oxygen atoms in total. The third-order valence-electron chi connectivity index (χ3n) is 3.26. The second kappa shape index (κ2) is 8.82. The number of nitrogens with zero attached hydrogens (tertiary/aromatic N) is 2. The topological polar surface area (TPSA) is 134 Å². The Morgan fingerprint density at radius 1 is 1.07 bits per heavy atom. The number of anilines is 1. The third kappa shape index (κ3) is 5.43. The molecule has 0 bridgehead atoms. The van der Waals surface area contributed by atoms with E-state index in [0.29, 0.717) is 11.3 Å². The number of benzene rings is 2. The van der Waals surface area contributed by atoms with E-state index in [4.69, 9.17) is 15.9 Å². The summed E-state index contributed by atoms with van der Waals surface area (Å²) in [5.74, 6) is 2.37. The number of non-ortho nitro benzene ring substituents is 2. The molecular formula is C17H13N3O7. The number of carbonyl (C=O) groups excluding carboxylic acids is 1. The Morgan fingerprint density at radius 3 is 2.30 bits per heavy atom. The van der Waals surface area contributed by atoms with Crippen LogP contribution < -0.4 is 10.1 Å². The molecule has 2 aromatic carbocycles. The number of rotatable bonds is 7. The zero-order valence-electron chi connectivity index (χ0n) is 13.8. The third-order valence-corrected chi connectivity index (χ3v) is 3.26. The van der Waals surface area contributed by atoms with Crippen LogP contribution in [0.3, 0.4) is 0 Å². The number of hydrogen-bond donors (Lipinski definition) is 1. The summed E-state index contributed by atoms with van der Waals surface area (Å²) in [7, 11) is 0. The van der Waals surface area contributed by atoms with Gasteiger partial charge < -0.3 is 9.47 Å². The molecule has 2 rings (SSSR count). The Bertz CT molecular complexity index is 904. The molecule has 0 heterocycles. The smallest absolute Gasteiger partial charge is 0.411 e. The summed E-state index contributed by atoms with van der Waals surface area (Å²) >= 11 is 0. The Morgan fingerprint density at radius 2 is 1.70 bits per heavy atom. The lowest BCUT2D eigenvalue weighted by atomic mass is 10.2. The fourth-order valence-electron chi connectivity index (χ4n) is 1.99. The van der Waals surface area contributed by atoms with Gasteiger partial charge in [0, 0.05) is 29.4 Å². The highest BCUT2D eigenvalue weighted by molar-refractivity contribution is 5.84. The quantitative estimate of drug-likeness (QED) is 0.448. The molecule has 27 heavy (non-hydrogen) atoms. The molecule has 0 saturated carbocycles. The van der Waals surface area contributed by atoms with Gasteiger partial charge in [0.2, 0.25) is 0 Å². The van der Waals surface area contributed by atoms with E-state index in [-0.39, 0.29) is 30.3 Å². The van der Waals surface area contributed by atoms with Crippen molar-refractivity contribution in [2.24, 2.45) is 0 Å². The van der Waals surface area contributed by atoms with Crippen molar-refractivity contribution in [3.63, 3.8) is 0 Å². The van der Waals surface area contributed by atoms with Crippen LogP contribution in [0.4, 0.5) is 21.9 Å². The summed E-state index contributed by atoms with van der Waals surface area (Å²) in [6.45, 7) is -0.333. The molecule has 0 aliphatic rings. The molecule has 10 heteroatoms. The summed E-state index contributed by atoms with van der Waals surface area (Å²) in [5, 5.41) is 23.8. The average molecular weight is 371 g/mol. The van der Waals surface area contributed by atoms with E-state index in [1.165, 1.54) is 42.5 Å². The molecule has 0 fully saturated rings. The van der Waals surface area contributed by atoms with Gasteiger partial charge in [0.15, 0.2) is 0 Å². The Hall–Kier alpha value is -4.13. The van der Waals surface area contributed by atoms with Crippen molar-refractivity contribution in [2.45, 2.75) is 6.61 Å². The first-order valence-electron chi connectivity index (χ1n) is 7.42. The van der Waals surface area contributed by atoms with Gasteiger partial charge in [0.05, 0.1) is 15.9 Å². The first-order valence-corrected chi connectivity index (χ1v) is 7.42. The first-order chi connectivity index (χ1) is 12.9. The van der Waals surface area contributed by atoms with Gasteiger partial charge in [-0.05, 0) is 18.2 Å². The Labute approximate surface area is 153 Å². The molecule has 1 N–H and O–H groups in total. The minimum atomic E-state index is -0.815. The van der Waals surface area contributed by atoms with E-state index < -0.39 is 15.9 Å². The Balaban J connectivity index is 2.02. The minimum absolute atomic E-state index is 0.108. The second-order valence-corrected chi connectivity index (χ2v) is 5.05. The maximum atomic E-state index is 11.9. The Kier molecular flexibility index (Phi) is 6.27. The van der Waals surface area contributed by atoms with Crippen molar-refractivity contribution in [1.82, 2.24) is 0 Å². The molecule has 0 saturated heterocycles. The number of carbonyl (C=O) groups is 1. The molecular weight excluding hydrogens is 358 g/mol.